The molecule has 2 aromatic carbocycles. The summed E-state index contributed by atoms with van der Waals surface area (Å²) in [5.41, 5.74) is 2.69. The smallest absolute Gasteiger partial charge is 0.178 e. The third-order valence-corrected chi connectivity index (χ3v) is 15.6. The highest BCUT2D eigenvalue weighted by atomic mass is 33.1. The number of para-hydroxylation sites is 2. The Balaban J connectivity index is 1.39. The van der Waals surface area contributed by atoms with Crippen LogP contribution in [-0.4, -0.2) is 95.2 Å². The van der Waals surface area contributed by atoms with Gasteiger partial charge in [0.2, 0.25) is 0 Å². The van der Waals surface area contributed by atoms with Gasteiger partial charge < -0.3 is 27.8 Å². The summed E-state index contributed by atoms with van der Waals surface area (Å²) < 4.78 is 36.0. The molecule has 0 saturated heterocycles. The van der Waals surface area contributed by atoms with Gasteiger partial charge in [0.15, 0.2) is 32.1 Å². The van der Waals surface area contributed by atoms with Gasteiger partial charge in [-0.3, -0.25) is 0 Å². The first-order chi connectivity index (χ1) is 19.6. The Morgan fingerprint density at radius 2 is 1.05 bits per heavy atom. The summed E-state index contributed by atoms with van der Waals surface area (Å²) in [6.45, 7) is 0.871. The van der Waals surface area contributed by atoms with Gasteiger partial charge in [-0.15, -0.1) is 22.7 Å². The molecule has 0 saturated carbocycles. The molecular weight excluding hydrogens is 621 g/mol. The van der Waals surface area contributed by atoms with E-state index in [4.69, 9.17) is 37.8 Å². The summed E-state index contributed by atoms with van der Waals surface area (Å²) in [6, 6.07) is 16.6. The lowest BCUT2D eigenvalue weighted by Gasteiger charge is -2.18. The van der Waals surface area contributed by atoms with Gasteiger partial charge in [0.1, 0.15) is 0 Å². The Morgan fingerprint density at radius 3 is 1.43 bits per heavy atom. The first-order valence-corrected chi connectivity index (χ1v) is 19.8. The van der Waals surface area contributed by atoms with E-state index in [1.807, 2.05) is 33.7 Å². The lowest BCUT2D eigenvalue weighted by atomic mass is 10.3. The van der Waals surface area contributed by atoms with Gasteiger partial charge in [0, 0.05) is 51.0 Å². The average Bonchev–Trinajstić information content (AvgIpc) is 3.62. The maximum atomic E-state index is 6.16. The van der Waals surface area contributed by atoms with E-state index in [1.165, 1.54) is 9.40 Å². The highest BCUT2D eigenvalue weighted by molar-refractivity contribution is 8.76. The summed E-state index contributed by atoms with van der Waals surface area (Å²) in [5, 5.41) is 2.30. The van der Waals surface area contributed by atoms with Gasteiger partial charge in [-0.1, -0.05) is 45.9 Å². The maximum absolute atomic E-state index is 6.16. The molecule has 4 aromatic rings. The lowest BCUT2D eigenvalue weighted by molar-refractivity contribution is -0.122. The molecule has 40 heavy (non-hydrogen) atoms. The van der Waals surface area contributed by atoms with Crippen LogP contribution in [0.4, 0.5) is 0 Å². The highest BCUT2D eigenvalue weighted by Crippen LogP contribution is 2.36. The van der Waals surface area contributed by atoms with Crippen LogP contribution in [0.15, 0.2) is 48.5 Å². The van der Waals surface area contributed by atoms with Gasteiger partial charge in [0.25, 0.3) is 0 Å². The van der Waals surface area contributed by atoms with Crippen LogP contribution in [-0.2, 0) is 27.8 Å². The molecule has 0 bridgehead atoms. The van der Waals surface area contributed by atoms with E-state index < -0.39 is 19.5 Å². The quantitative estimate of drug-likeness (QED) is 0.0623. The molecule has 0 aliphatic rings. The molecule has 2 aromatic heterocycles. The number of hydrogen-bond donors (Lipinski definition) is 0. The molecular formula is C26H36N2O6S4Si2. The number of ether oxygens (including phenoxy) is 4. The number of hydrogen-bond acceptors (Lipinski definition) is 12. The first-order valence-electron chi connectivity index (χ1n) is 12.9. The van der Waals surface area contributed by atoms with Crippen molar-refractivity contribution in [1.82, 2.24) is 9.97 Å². The lowest BCUT2D eigenvalue weighted by Crippen LogP contribution is -2.24. The molecule has 0 aliphatic heterocycles. The number of nitrogens with zero attached hydrogens (tertiary/aromatic N) is 2. The summed E-state index contributed by atoms with van der Waals surface area (Å²) >= 11 is 3.54. The van der Waals surface area contributed by atoms with Crippen molar-refractivity contribution in [3.8, 4) is 0 Å². The van der Waals surface area contributed by atoms with Crippen molar-refractivity contribution in [3.63, 3.8) is 0 Å². The topological polar surface area (TPSA) is 81.2 Å². The Bertz CT molecular complexity index is 1130. The maximum Gasteiger partial charge on any atom is 0.178 e. The van der Waals surface area contributed by atoms with E-state index in [-0.39, 0.29) is 12.6 Å². The van der Waals surface area contributed by atoms with Crippen LogP contribution < -0.4 is 0 Å². The molecule has 0 radical (unpaired) electrons. The van der Waals surface area contributed by atoms with Crippen LogP contribution in [0.25, 0.3) is 20.4 Å². The zero-order chi connectivity index (χ0) is 28.2. The molecule has 0 aliphatic carbocycles. The largest absolute Gasteiger partial charge is 0.418 e. The summed E-state index contributed by atoms with van der Waals surface area (Å²) in [6.07, 6.45) is -0.693. The van der Waals surface area contributed by atoms with E-state index in [0.717, 1.165) is 32.6 Å². The van der Waals surface area contributed by atoms with Gasteiger partial charge in [-0.25, -0.2) is 9.97 Å². The molecule has 0 N–H and O–H groups in total. The van der Waals surface area contributed by atoms with Crippen LogP contribution in [0.3, 0.4) is 0 Å². The second-order valence-corrected chi connectivity index (χ2v) is 17.0. The third kappa shape index (κ3) is 9.31. The summed E-state index contributed by atoms with van der Waals surface area (Å²) in [4.78, 5) is 9.91. The minimum absolute atomic E-state index is 0.294. The van der Waals surface area contributed by atoms with E-state index >= 15 is 0 Å². The van der Waals surface area contributed by atoms with E-state index in [0.29, 0.717) is 24.3 Å². The fraction of sp³-hybridized carbons (Fsp3) is 0.462. The van der Waals surface area contributed by atoms with Crippen molar-refractivity contribution in [2.24, 2.45) is 0 Å². The molecule has 0 spiro atoms. The average molecular weight is 657 g/mol. The first kappa shape index (κ1) is 32.0. The van der Waals surface area contributed by atoms with Gasteiger partial charge in [-0.2, -0.15) is 0 Å². The van der Waals surface area contributed by atoms with Crippen molar-refractivity contribution < 1.29 is 27.8 Å². The zero-order valence-electron chi connectivity index (χ0n) is 23.1. The second kappa shape index (κ2) is 17.3. The minimum atomic E-state index is -0.923. The Hall–Kier alpha value is -0.886. The Kier molecular flexibility index (Phi) is 13.8. The molecule has 2 unspecified atom stereocenters. The van der Waals surface area contributed by atoms with E-state index in [1.54, 1.807) is 51.1 Å². The molecule has 218 valence electrons. The van der Waals surface area contributed by atoms with Gasteiger partial charge >= 0.3 is 0 Å². The Labute approximate surface area is 256 Å². The van der Waals surface area contributed by atoms with Crippen molar-refractivity contribution in [2.75, 3.05) is 53.2 Å². The molecule has 0 fully saturated rings. The zero-order valence-corrected chi connectivity index (χ0v) is 29.2. The number of benzene rings is 2. The van der Waals surface area contributed by atoms with Gasteiger partial charge in [0.05, 0.1) is 43.7 Å². The second-order valence-electron chi connectivity index (χ2n) is 8.88. The predicted molar refractivity (Wildman–Crippen MR) is 174 cm³/mol. The number of rotatable bonds is 19. The van der Waals surface area contributed by atoms with Gasteiger partial charge in [-0.05, 0) is 24.3 Å². The SMILES string of the molecule is COC(CO[SiH2]C(CSSCC([SiH2]OCC(OC)OC)c1nc2ccccc2s1)c1nc2ccccc2s1)OC. The number of fused-ring (bicyclic) bond motifs is 2. The van der Waals surface area contributed by atoms with Crippen LogP contribution in [0.1, 0.15) is 21.1 Å². The van der Waals surface area contributed by atoms with Crippen LogP contribution >= 0.6 is 44.3 Å². The molecule has 14 heteroatoms. The number of methoxy groups -OCH3 is 4. The molecule has 4 rings (SSSR count). The predicted octanol–water partition coefficient (Wildman–Crippen LogP) is 4.51. The van der Waals surface area contributed by atoms with Crippen LogP contribution in [0, 0.1) is 0 Å². The highest BCUT2D eigenvalue weighted by Gasteiger charge is 2.22. The fourth-order valence-electron chi connectivity index (χ4n) is 3.85. The molecule has 8 nitrogen and oxygen atoms in total. The molecule has 2 heterocycles. The standard InChI is InChI=1S/C26H36N2O6S4Si2/c1-29-23(30-2)13-33-39-21(25-27-17-9-5-7-11-19(17)37-25)15-35-36-16-22(40-34-14-24(31-3)32-4)26-28-18-10-6-8-12-20(18)38-26/h5-12,21-24H,13-16,39-40H2,1-4H3. The van der Waals surface area contributed by atoms with Crippen molar-refractivity contribution in [1.29, 1.82) is 0 Å². The molecule has 0 amide bonds. The normalized spacial score (nSPS) is 14.2. The van der Waals surface area contributed by atoms with Crippen molar-refractivity contribution in [2.45, 2.75) is 23.7 Å². The fourth-order valence-corrected chi connectivity index (χ4v) is 13.5. The van der Waals surface area contributed by atoms with Crippen molar-refractivity contribution in [3.05, 3.63) is 58.5 Å². The minimum Gasteiger partial charge on any atom is -0.418 e. The summed E-state index contributed by atoms with van der Waals surface area (Å²) in [7, 11) is 8.46. The monoisotopic (exact) mass is 656 g/mol. The molecule has 2 atom stereocenters. The number of thiazole rings is 2. The van der Waals surface area contributed by atoms with Crippen LogP contribution in [0.5, 0.6) is 0 Å². The van der Waals surface area contributed by atoms with Crippen molar-refractivity contribution >= 4 is 84.2 Å². The van der Waals surface area contributed by atoms with E-state index in [2.05, 4.69) is 36.4 Å². The Morgan fingerprint density at radius 1 is 0.650 bits per heavy atom. The number of aromatic nitrogens is 2. The van der Waals surface area contributed by atoms with Crippen LogP contribution in [0.2, 0.25) is 0 Å². The summed E-state index contributed by atoms with van der Waals surface area (Å²) in [5.74, 6) is 1.87. The van der Waals surface area contributed by atoms with E-state index in [9.17, 15) is 0 Å². The third-order valence-electron chi connectivity index (χ3n) is 6.14.